The third kappa shape index (κ3) is 8.86. The lowest BCUT2D eigenvalue weighted by atomic mass is 10.2. The van der Waals surface area contributed by atoms with Crippen LogP contribution < -0.4 is 15.4 Å². The first kappa shape index (κ1) is 22.4. The van der Waals surface area contributed by atoms with E-state index in [-0.39, 0.29) is 5.91 Å². The van der Waals surface area contributed by atoms with Crippen LogP contribution in [0.5, 0.6) is 5.75 Å². The highest BCUT2D eigenvalue weighted by Gasteiger charge is 2.04. The largest absolute Gasteiger partial charge is 0.497 e. The fourth-order valence-corrected chi connectivity index (χ4v) is 3.21. The van der Waals surface area contributed by atoms with Gasteiger partial charge in [-0.3, -0.25) is 9.69 Å². The minimum atomic E-state index is -0.00250. The number of anilines is 1. The number of nitrogens with zero attached hydrogens (tertiary/aromatic N) is 1. The summed E-state index contributed by atoms with van der Waals surface area (Å²) in [5.41, 5.74) is 1.97. The summed E-state index contributed by atoms with van der Waals surface area (Å²) in [5.74, 6) is 0.730. The second-order valence-electron chi connectivity index (χ2n) is 6.29. The van der Waals surface area contributed by atoms with E-state index in [0.717, 1.165) is 35.6 Å². The predicted molar refractivity (Wildman–Crippen MR) is 125 cm³/mol. The number of carbonyl (C=O) groups is 1. The SMILES string of the molecule is COc1cccc(NC(=O)CCNCCN(CI)C/C=C/c2ccccc2)c1. The van der Waals surface area contributed by atoms with Gasteiger partial charge in [-0.1, -0.05) is 71.1 Å². The predicted octanol–water partition coefficient (Wildman–Crippen LogP) is 4.02. The first-order chi connectivity index (χ1) is 13.7. The molecule has 0 saturated carbocycles. The molecule has 0 aliphatic heterocycles. The van der Waals surface area contributed by atoms with Crippen molar-refractivity contribution < 1.29 is 9.53 Å². The van der Waals surface area contributed by atoms with Crippen molar-refractivity contribution in [2.75, 3.05) is 43.2 Å². The van der Waals surface area contributed by atoms with Gasteiger partial charge in [0.15, 0.2) is 0 Å². The lowest BCUT2D eigenvalue weighted by Gasteiger charge is -2.17. The van der Waals surface area contributed by atoms with Gasteiger partial charge in [0.05, 0.1) is 11.7 Å². The van der Waals surface area contributed by atoms with Crippen molar-refractivity contribution in [2.24, 2.45) is 0 Å². The summed E-state index contributed by atoms with van der Waals surface area (Å²) in [5, 5.41) is 6.23. The minimum absolute atomic E-state index is 0.00250. The quantitative estimate of drug-likeness (QED) is 0.203. The van der Waals surface area contributed by atoms with Gasteiger partial charge in [-0.15, -0.1) is 0 Å². The van der Waals surface area contributed by atoms with Gasteiger partial charge < -0.3 is 15.4 Å². The van der Waals surface area contributed by atoms with Gasteiger partial charge in [0.2, 0.25) is 5.91 Å². The van der Waals surface area contributed by atoms with E-state index in [9.17, 15) is 4.79 Å². The van der Waals surface area contributed by atoms with E-state index in [2.05, 4.69) is 62.4 Å². The number of hydrogen-bond donors (Lipinski definition) is 2. The molecule has 5 nitrogen and oxygen atoms in total. The second kappa shape index (κ2) is 13.3. The molecule has 0 unspecified atom stereocenters. The highest BCUT2D eigenvalue weighted by Crippen LogP contribution is 2.16. The highest BCUT2D eigenvalue weighted by molar-refractivity contribution is 14.1. The van der Waals surface area contributed by atoms with E-state index in [1.54, 1.807) is 7.11 Å². The number of benzene rings is 2. The molecule has 0 aliphatic rings. The van der Waals surface area contributed by atoms with Crippen molar-refractivity contribution in [3.63, 3.8) is 0 Å². The van der Waals surface area contributed by atoms with Crippen LogP contribution >= 0.6 is 22.6 Å². The van der Waals surface area contributed by atoms with Crippen molar-refractivity contribution >= 4 is 40.3 Å². The topological polar surface area (TPSA) is 53.6 Å². The Kier molecular flexibility index (Phi) is 10.6. The van der Waals surface area contributed by atoms with Crippen LogP contribution in [0.2, 0.25) is 0 Å². The molecule has 2 aromatic rings. The zero-order chi connectivity index (χ0) is 20.0. The molecule has 0 saturated heterocycles. The number of nitrogens with one attached hydrogen (secondary N) is 2. The third-order valence-corrected chi connectivity index (χ3v) is 5.09. The number of rotatable bonds is 12. The molecule has 1 amide bonds. The molecule has 6 heteroatoms. The Bertz CT molecular complexity index is 738. The van der Waals surface area contributed by atoms with E-state index in [4.69, 9.17) is 4.74 Å². The number of ether oxygens (including phenoxy) is 1. The molecule has 0 fully saturated rings. The molecule has 28 heavy (non-hydrogen) atoms. The Morgan fingerprint density at radius 3 is 2.71 bits per heavy atom. The molecule has 0 radical (unpaired) electrons. The van der Waals surface area contributed by atoms with Gasteiger partial charge in [0.25, 0.3) is 0 Å². The number of amides is 1. The standard InChI is InChI=1S/C22H28IN3O2/c1-28-21-11-5-10-20(17-21)25-22(27)12-13-24-14-16-26(18-23)15-6-9-19-7-3-2-4-8-19/h2-11,17,24H,12-16,18H2,1H3,(H,25,27)/b9-6+. The third-order valence-electron chi connectivity index (χ3n) is 4.13. The van der Waals surface area contributed by atoms with Crippen LogP contribution in [0.4, 0.5) is 5.69 Å². The van der Waals surface area contributed by atoms with Crippen LogP contribution in [0, 0.1) is 0 Å². The summed E-state index contributed by atoms with van der Waals surface area (Å²) in [6, 6.07) is 17.7. The zero-order valence-corrected chi connectivity index (χ0v) is 18.4. The molecular formula is C22H28IN3O2. The van der Waals surface area contributed by atoms with Crippen LogP contribution in [0.15, 0.2) is 60.7 Å². The van der Waals surface area contributed by atoms with E-state index in [0.29, 0.717) is 13.0 Å². The molecule has 0 atom stereocenters. The van der Waals surface area contributed by atoms with Gasteiger partial charge in [-0.2, -0.15) is 0 Å². The highest BCUT2D eigenvalue weighted by atomic mass is 127. The lowest BCUT2D eigenvalue weighted by molar-refractivity contribution is -0.116. The molecule has 150 valence electrons. The number of methoxy groups -OCH3 is 1. The van der Waals surface area contributed by atoms with Gasteiger partial charge in [-0.05, 0) is 17.7 Å². The molecule has 0 bridgehead atoms. The van der Waals surface area contributed by atoms with Crippen molar-refractivity contribution in [1.29, 1.82) is 0 Å². The van der Waals surface area contributed by atoms with Crippen molar-refractivity contribution in [3.8, 4) is 5.75 Å². The maximum absolute atomic E-state index is 12.0. The zero-order valence-electron chi connectivity index (χ0n) is 16.2. The van der Waals surface area contributed by atoms with Crippen molar-refractivity contribution in [3.05, 3.63) is 66.2 Å². The molecule has 0 aromatic heterocycles. The van der Waals surface area contributed by atoms with E-state index in [1.165, 1.54) is 5.56 Å². The van der Waals surface area contributed by atoms with Gasteiger partial charge >= 0.3 is 0 Å². The van der Waals surface area contributed by atoms with Crippen LogP contribution in [0.25, 0.3) is 6.08 Å². The number of carbonyl (C=O) groups excluding carboxylic acids is 1. The first-order valence-electron chi connectivity index (χ1n) is 9.36. The summed E-state index contributed by atoms with van der Waals surface area (Å²) in [7, 11) is 1.61. The summed E-state index contributed by atoms with van der Waals surface area (Å²) < 4.78 is 6.13. The van der Waals surface area contributed by atoms with Gasteiger partial charge in [-0.25, -0.2) is 0 Å². The summed E-state index contributed by atoms with van der Waals surface area (Å²) >= 11 is 2.38. The maximum Gasteiger partial charge on any atom is 0.225 e. The Morgan fingerprint density at radius 1 is 1.14 bits per heavy atom. The van der Waals surface area contributed by atoms with Gasteiger partial charge in [0.1, 0.15) is 5.75 Å². The average molecular weight is 493 g/mol. The van der Waals surface area contributed by atoms with E-state index in [1.807, 2.05) is 42.5 Å². The smallest absolute Gasteiger partial charge is 0.225 e. The molecule has 0 aliphatic carbocycles. The average Bonchev–Trinajstić information content (AvgIpc) is 2.73. The molecule has 0 heterocycles. The Balaban J connectivity index is 1.60. The fourth-order valence-electron chi connectivity index (χ4n) is 2.59. The molecule has 0 spiro atoms. The van der Waals surface area contributed by atoms with Gasteiger partial charge in [0, 0.05) is 44.4 Å². The molecule has 2 N–H and O–H groups in total. The maximum atomic E-state index is 12.0. The Hall–Kier alpha value is -1.90. The van der Waals surface area contributed by atoms with E-state index >= 15 is 0 Å². The Labute approximate surface area is 181 Å². The monoisotopic (exact) mass is 493 g/mol. The van der Waals surface area contributed by atoms with E-state index < -0.39 is 0 Å². The molecule has 2 rings (SSSR count). The summed E-state index contributed by atoms with van der Waals surface area (Å²) in [4.78, 5) is 14.4. The van der Waals surface area contributed by atoms with Crippen molar-refractivity contribution in [1.82, 2.24) is 10.2 Å². The second-order valence-corrected chi connectivity index (χ2v) is 6.97. The fraction of sp³-hybridized carbons (Fsp3) is 0.318. The van der Waals surface area contributed by atoms with Crippen LogP contribution in [-0.4, -0.2) is 48.6 Å². The molecule has 2 aromatic carbocycles. The first-order valence-corrected chi connectivity index (χ1v) is 10.9. The summed E-state index contributed by atoms with van der Waals surface area (Å²) in [6.45, 7) is 3.37. The normalized spacial score (nSPS) is 11.1. The Morgan fingerprint density at radius 2 is 1.96 bits per heavy atom. The number of halogens is 1. The van der Waals surface area contributed by atoms with Crippen molar-refractivity contribution in [2.45, 2.75) is 6.42 Å². The van der Waals surface area contributed by atoms with Crippen LogP contribution in [0.3, 0.4) is 0 Å². The summed E-state index contributed by atoms with van der Waals surface area (Å²) in [6.07, 6.45) is 4.78. The minimum Gasteiger partial charge on any atom is -0.497 e. The lowest BCUT2D eigenvalue weighted by Crippen LogP contribution is -2.32. The van der Waals surface area contributed by atoms with Crippen LogP contribution in [0.1, 0.15) is 12.0 Å². The van der Waals surface area contributed by atoms with Crippen LogP contribution in [-0.2, 0) is 4.79 Å². The molecular weight excluding hydrogens is 465 g/mol. The number of alkyl halides is 1. The number of hydrogen-bond acceptors (Lipinski definition) is 4.